The van der Waals surface area contributed by atoms with Gasteiger partial charge in [0.2, 0.25) is 5.91 Å². The van der Waals surface area contributed by atoms with Crippen LogP contribution >= 0.6 is 0 Å². The molecule has 0 aromatic heterocycles. The Labute approximate surface area is 91.5 Å². The van der Waals surface area contributed by atoms with Crippen molar-refractivity contribution in [3.8, 4) is 0 Å². The molecule has 90 valence electrons. The SMILES string of the molecule is COCCONCC(=O)NCCC(C)C. The van der Waals surface area contributed by atoms with Gasteiger partial charge in [-0.05, 0) is 12.3 Å². The second-order valence-corrected chi connectivity index (χ2v) is 3.69. The van der Waals surface area contributed by atoms with Crippen LogP contribution in [0.15, 0.2) is 0 Å². The molecule has 0 heterocycles. The zero-order chi connectivity index (χ0) is 11.5. The van der Waals surface area contributed by atoms with E-state index in [-0.39, 0.29) is 12.5 Å². The van der Waals surface area contributed by atoms with E-state index in [2.05, 4.69) is 24.6 Å². The van der Waals surface area contributed by atoms with E-state index in [0.717, 1.165) is 13.0 Å². The van der Waals surface area contributed by atoms with Gasteiger partial charge in [-0.25, -0.2) is 0 Å². The first-order valence-electron chi connectivity index (χ1n) is 5.27. The molecule has 1 amide bonds. The van der Waals surface area contributed by atoms with Crippen LogP contribution in [0.3, 0.4) is 0 Å². The lowest BCUT2D eigenvalue weighted by molar-refractivity contribution is -0.123. The fraction of sp³-hybridized carbons (Fsp3) is 0.900. The molecule has 0 aromatic carbocycles. The van der Waals surface area contributed by atoms with Crippen molar-refractivity contribution in [3.63, 3.8) is 0 Å². The predicted molar refractivity (Wildman–Crippen MR) is 58.3 cm³/mol. The van der Waals surface area contributed by atoms with Gasteiger partial charge in [0.25, 0.3) is 0 Å². The highest BCUT2D eigenvalue weighted by atomic mass is 16.7. The number of methoxy groups -OCH3 is 1. The van der Waals surface area contributed by atoms with Crippen LogP contribution in [0.2, 0.25) is 0 Å². The third-order valence-electron chi connectivity index (χ3n) is 1.77. The van der Waals surface area contributed by atoms with E-state index >= 15 is 0 Å². The fourth-order valence-electron chi connectivity index (χ4n) is 0.877. The van der Waals surface area contributed by atoms with E-state index in [9.17, 15) is 4.79 Å². The minimum absolute atomic E-state index is 0.0481. The first-order valence-corrected chi connectivity index (χ1v) is 5.27. The summed E-state index contributed by atoms with van der Waals surface area (Å²) >= 11 is 0. The lowest BCUT2D eigenvalue weighted by Gasteiger charge is -2.08. The standard InChI is InChI=1S/C10H22N2O3/c1-9(2)4-5-11-10(13)8-12-15-7-6-14-3/h9,12H,4-8H2,1-3H3,(H,11,13). The van der Waals surface area contributed by atoms with Crippen LogP contribution in [0, 0.1) is 5.92 Å². The minimum atomic E-state index is -0.0481. The Bertz CT molecular complexity index is 163. The normalized spacial score (nSPS) is 10.7. The second kappa shape index (κ2) is 9.89. The highest BCUT2D eigenvalue weighted by molar-refractivity contribution is 5.77. The van der Waals surface area contributed by atoms with Gasteiger partial charge < -0.3 is 10.1 Å². The number of ether oxygens (including phenoxy) is 1. The predicted octanol–water partition coefficient (Wildman–Crippen LogP) is 0.316. The van der Waals surface area contributed by atoms with Crippen molar-refractivity contribution in [2.75, 3.05) is 33.4 Å². The van der Waals surface area contributed by atoms with Crippen molar-refractivity contribution >= 4 is 5.91 Å². The minimum Gasteiger partial charge on any atom is -0.382 e. The van der Waals surface area contributed by atoms with Crippen molar-refractivity contribution in [1.82, 2.24) is 10.8 Å². The van der Waals surface area contributed by atoms with Gasteiger partial charge in [-0.2, -0.15) is 5.48 Å². The van der Waals surface area contributed by atoms with Crippen LogP contribution in [0.1, 0.15) is 20.3 Å². The van der Waals surface area contributed by atoms with Gasteiger partial charge in [0.15, 0.2) is 0 Å². The Morgan fingerprint density at radius 2 is 2.07 bits per heavy atom. The quantitative estimate of drug-likeness (QED) is 0.432. The average molecular weight is 218 g/mol. The van der Waals surface area contributed by atoms with Crippen LogP contribution in [-0.2, 0) is 14.4 Å². The van der Waals surface area contributed by atoms with Crippen molar-refractivity contribution in [2.45, 2.75) is 20.3 Å². The lowest BCUT2D eigenvalue weighted by atomic mass is 10.1. The Hall–Kier alpha value is -0.650. The topological polar surface area (TPSA) is 59.6 Å². The number of hydrogen-bond acceptors (Lipinski definition) is 4. The molecule has 0 saturated heterocycles. The highest BCUT2D eigenvalue weighted by Crippen LogP contribution is 1.95. The molecule has 0 atom stereocenters. The summed E-state index contributed by atoms with van der Waals surface area (Å²) in [6, 6.07) is 0. The van der Waals surface area contributed by atoms with E-state index in [1.54, 1.807) is 7.11 Å². The summed E-state index contributed by atoms with van der Waals surface area (Å²) in [6.45, 7) is 6.10. The maximum absolute atomic E-state index is 11.2. The van der Waals surface area contributed by atoms with Gasteiger partial charge in [-0.3, -0.25) is 9.63 Å². The van der Waals surface area contributed by atoms with Crippen molar-refractivity contribution in [2.24, 2.45) is 5.92 Å². The molecule has 5 nitrogen and oxygen atoms in total. The monoisotopic (exact) mass is 218 g/mol. The summed E-state index contributed by atoms with van der Waals surface area (Å²) in [4.78, 5) is 16.1. The number of hydrogen-bond donors (Lipinski definition) is 2. The Balaban J connectivity index is 3.19. The van der Waals surface area contributed by atoms with Gasteiger partial charge in [0.1, 0.15) is 0 Å². The molecular weight excluding hydrogens is 196 g/mol. The zero-order valence-electron chi connectivity index (χ0n) is 9.84. The summed E-state index contributed by atoms with van der Waals surface area (Å²) in [5.74, 6) is 0.560. The van der Waals surface area contributed by atoms with Crippen LogP contribution in [0.4, 0.5) is 0 Å². The molecule has 2 N–H and O–H groups in total. The molecule has 0 unspecified atom stereocenters. The van der Waals surface area contributed by atoms with E-state index in [1.165, 1.54) is 0 Å². The number of hydroxylamine groups is 1. The molecule has 0 aliphatic rings. The maximum atomic E-state index is 11.2. The van der Waals surface area contributed by atoms with Crippen LogP contribution in [-0.4, -0.2) is 39.3 Å². The molecule has 0 rings (SSSR count). The smallest absolute Gasteiger partial charge is 0.236 e. The van der Waals surface area contributed by atoms with E-state index in [1.807, 2.05) is 0 Å². The van der Waals surface area contributed by atoms with Crippen LogP contribution in [0.5, 0.6) is 0 Å². The molecule has 0 bridgehead atoms. The van der Waals surface area contributed by atoms with Crippen LogP contribution in [0.25, 0.3) is 0 Å². The number of amides is 1. The third-order valence-corrected chi connectivity index (χ3v) is 1.77. The maximum Gasteiger partial charge on any atom is 0.236 e. The lowest BCUT2D eigenvalue weighted by Crippen LogP contribution is -2.35. The second-order valence-electron chi connectivity index (χ2n) is 3.69. The molecule has 0 fully saturated rings. The molecule has 15 heavy (non-hydrogen) atoms. The highest BCUT2D eigenvalue weighted by Gasteiger charge is 2.00. The third kappa shape index (κ3) is 11.3. The largest absolute Gasteiger partial charge is 0.382 e. The van der Waals surface area contributed by atoms with Crippen molar-refractivity contribution in [3.05, 3.63) is 0 Å². The fourth-order valence-corrected chi connectivity index (χ4v) is 0.877. The Morgan fingerprint density at radius 1 is 1.33 bits per heavy atom. The first-order chi connectivity index (χ1) is 7.16. The van der Waals surface area contributed by atoms with Crippen molar-refractivity contribution in [1.29, 1.82) is 0 Å². The van der Waals surface area contributed by atoms with Gasteiger partial charge in [-0.15, -0.1) is 0 Å². The van der Waals surface area contributed by atoms with Crippen LogP contribution < -0.4 is 10.8 Å². The van der Waals surface area contributed by atoms with E-state index < -0.39 is 0 Å². The Kier molecular flexibility index (Phi) is 9.46. The summed E-state index contributed by atoms with van der Waals surface area (Å²) in [7, 11) is 1.60. The average Bonchev–Trinajstić information content (AvgIpc) is 2.17. The molecule has 0 saturated carbocycles. The number of nitrogens with one attached hydrogen (secondary N) is 2. The van der Waals surface area contributed by atoms with E-state index in [4.69, 9.17) is 9.57 Å². The molecule has 0 radical (unpaired) electrons. The number of rotatable bonds is 9. The van der Waals surface area contributed by atoms with E-state index in [0.29, 0.717) is 19.1 Å². The summed E-state index contributed by atoms with van der Waals surface area (Å²) in [5.41, 5.74) is 2.57. The molecule has 0 aliphatic heterocycles. The first kappa shape index (κ1) is 14.3. The van der Waals surface area contributed by atoms with Gasteiger partial charge in [0, 0.05) is 13.7 Å². The number of carbonyl (C=O) groups excluding carboxylic acids is 1. The van der Waals surface area contributed by atoms with Gasteiger partial charge >= 0.3 is 0 Å². The molecule has 0 aromatic rings. The van der Waals surface area contributed by atoms with Crippen molar-refractivity contribution < 1.29 is 14.4 Å². The summed E-state index contributed by atoms with van der Waals surface area (Å²) in [6.07, 6.45) is 0.996. The zero-order valence-corrected chi connectivity index (χ0v) is 9.84. The summed E-state index contributed by atoms with van der Waals surface area (Å²) in [5, 5.41) is 2.79. The molecule has 5 heteroatoms. The van der Waals surface area contributed by atoms with Gasteiger partial charge in [0.05, 0.1) is 19.8 Å². The number of carbonyl (C=O) groups is 1. The summed E-state index contributed by atoms with van der Waals surface area (Å²) < 4.78 is 4.77. The molecule has 0 aliphatic carbocycles. The molecular formula is C10H22N2O3. The molecule has 0 spiro atoms. The van der Waals surface area contributed by atoms with Gasteiger partial charge in [-0.1, -0.05) is 13.8 Å². The Morgan fingerprint density at radius 3 is 2.67 bits per heavy atom.